The first-order valence-corrected chi connectivity index (χ1v) is 8.84. The molecule has 4 aromatic rings. The Labute approximate surface area is 154 Å². The third-order valence-electron chi connectivity index (χ3n) is 3.79. The lowest BCUT2D eigenvalue weighted by molar-refractivity contribution is 0.398. The highest BCUT2D eigenvalue weighted by atomic mass is 35.5. The zero-order valence-electron chi connectivity index (χ0n) is 13.4. The quantitative estimate of drug-likeness (QED) is 0.522. The van der Waals surface area contributed by atoms with E-state index in [9.17, 15) is 0 Å². The number of nitrogens with zero attached hydrogens (tertiary/aromatic N) is 2. The van der Waals surface area contributed by atoms with Crippen molar-refractivity contribution in [2.75, 3.05) is 7.11 Å². The molecule has 0 saturated heterocycles. The fourth-order valence-corrected chi connectivity index (χ4v) is 3.76. The van der Waals surface area contributed by atoms with E-state index in [2.05, 4.69) is 21.0 Å². The molecule has 0 fully saturated rings. The number of methoxy groups -OCH3 is 1. The maximum atomic E-state index is 6.00. The van der Waals surface area contributed by atoms with Crippen molar-refractivity contribution in [3.05, 3.63) is 65.9 Å². The van der Waals surface area contributed by atoms with Crippen molar-refractivity contribution in [3.63, 3.8) is 0 Å². The predicted molar refractivity (Wildman–Crippen MR) is 101 cm³/mol. The van der Waals surface area contributed by atoms with Gasteiger partial charge in [0, 0.05) is 44.2 Å². The van der Waals surface area contributed by atoms with E-state index in [1.54, 1.807) is 31.3 Å². The maximum Gasteiger partial charge on any atom is 0.212 e. The molecule has 3 aromatic heterocycles. The Hall–Kier alpha value is -2.50. The first-order valence-electron chi connectivity index (χ1n) is 7.65. The molecule has 0 saturated carbocycles. The first kappa shape index (κ1) is 16.0. The van der Waals surface area contributed by atoms with Crippen LogP contribution in [-0.4, -0.2) is 22.1 Å². The lowest BCUT2D eigenvalue weighted by atomic mass is 10.2. The zero-order chi connectivity index (χ0) is 17.2. The average Bonchev–Trinajstić information content (AvgIpc) is 3.02. The second-order valence-electron chi connectivity index (χ2n) is 5.37. The van der Waals surface area contributed by atoms with E-state index < -0.39 is 0 Å². The van der Waals surface area contributed by atoms with Gasteiger partial charge in [0.25, 0.3) is 0 Å². The predicted octanol–water partition coefficient (Wildman–Crippen LogP) is 5.44. The Morgan fingerprint density at radius 2 is 1.88 bits per heavy atom. The number of hydrogen-bond donors (Lipinski definition) is 1. The summed E-state index contributed by atoms with van der Waals surface area (Å²) in [6.45, 7) is 0. The molecule has 0 aliphatic carbocycles. The van der Waals surface area contributed by atoms with Crippen molar-refractivity contribution < 1.29 is 4.74 Å². The van der Waals surface area contributed by atoms with Gasteiger partial charge in [0.05, 0.1) is 12.8 Å². The van der Waals surface area contributed by atoms with Crippen LogP contribution in [0.2, 0.25) is 5.02 Å². The van der Waals surface area contributed by atoms with Crippen molar-refractivity contribution in [2.24, 2.45) is 0 Å². The summed E-state index contributed by atoms with van der Waals surface area (Å²) < 4.78 is 5.15. The van der Waals surface area contributed by atoms with Crippen molar-refractivity contribution >= 4 is 34.4 Å². The minimum absolute atomic E-state index is 0.588. The van der Waals surface area contributed by atoms with Crippen LogP contribution in [0.15, 0.2) is 70.7 Å². The number of ether oxygens (including phenoxy) is 1. The number of fused-ring (bicyclic) bond motifs is 1. The van der Waals surface area contributed by atoms with Gasteiger partial charge in [-0.15, -0.1) is 0 Å². The number of rotatable bonds is 4. The number of nitrogens with one attached hydrogen (secondary N) is 1. The van der Waals surface area contributed by atoms with Crippen LogP contribution in [0.4, 0.5) is 0 Å². The number of hydrogen-bond acceptors (Lipinski definition) is 4. The fraction of sp³-hybridized carbons (Fsp3) is 0.0526. The first-order chi connectivity index (χ1) is 12.2. The summed E-state index contributed by atoms with van der Waals surface area (Å²) in [4.78, 5) is 14.4. The molecule has 124 valence electrons. The number of benzene rings is 1. The maximum absolute atomic E-state index is 6.00. The highest BCUT2D eigenvalue weighted by molar-refractivity contribution is 7.99. The number of H-pyrrole nitrogens is 1. The standard InChI is InChI=1S/C19H14ClN3OS/c1-24-16-9-4-12(11-22-16)17-18(15-3-2-10-21-19(15)23-17)25-14-7-5-13(20)6-8-14/h2-11H,1H3,(H,21,23). The second-order valence-corrected chi connectivity index (χ2v) is 6.89. The van der Waals surface area contributed by atoms with Gasteiger partial charge in [0.2, 0.25) is 5.88 Å². The lowest BCUT2D eigenvalue weighted by Crippen LogP contribution is -1.88. The number of halogens is 1. The molecule has 0 atom stereocenters. The Morgan fingerprint density at radius 1 is 1.04 bits per heavy atom. The molecule has 1 N–H and O–H groups in total. The van der Waals surface area contributed by atoms with E-state index in [-0.39, 0.29) is 0 Å². The minimum atomic E-state index is 0.588. The van der Waals surface area contributed by atoms with Crippen molar-refractivity contribution in [3.8, 4) is 17.1 Å². The Kier molecular flexibility index (Phi) is 4.34. The molecule has 0 aliphatic rings. The van der Waals surface area contributed by atoms with Gasteiger partial charge in [-0.05, 0) is 42.5 Å². The molecule has 4 rings (SSSR count). The number of pyridine rings is 2. The van der Waals surface area contributed by atoms with E-state index in [0.717, 1.165) is 37.1 Å². The zero-order valence-corrected chi connectivity index (χ0v) is 14.9. The highest BCUT2D eigenvalue weighted by Crippen LogP contribution is 2.40. The summed E-state index contributed by atoms with van der Waals surface area (Å²) in [6.07, 6.45) is 3.58. The normalized spacial score (nSPS) is 11.0. The van der Waals surface area contributed by atoms with Gasteiger partial charge in [0.15, 0.2) is 0 Å². The summed E-state index contributed by atoms with van der Waals surface area (Å²) in [5.74, 6) is 0.588. The molecule has 0 spiro atoms. The van der Waals surface area contributed by atoms with E-state index in [1.807, 2.05) is 42.5 Å². The average molecular weight is 368 g/mol. The Balaban J connectivity index is 1.83. The molecule has 3 heterocycles. The minimum Gasteiger partial charge on any atom is -0.481 e. The molecule has 0 unspecified atom stereocenters. The van der Waals surface area contributed by atoms with Gasteiger partial charge in [-0.3, -0.25) is 0 Å². The van der Waals surface area contributed by atoms with Gasteiger partial charge in [-0.2, -0.15) is 0 Å². The number of aromatic nitrogens is 3. The molecule has 25 heavy (non-hydrogen) atoms. The molecule has 0 radical (unpaired) electrons. The topological polar surface area (TPSA) is 50.8 Å². The monoisotopic (exact) mass is 367 g/mol. The van der Waals surface area contributed by atoms with Crippen LogP contribution in [0.25, 0.3) is 22.3 Å². The third kappa shape index (κ3) is 3.21. The summed E-state index contributed by atoms with van der Waals surface area (Å²) in [6, 6.07) is 15.7. The van der Waals surface area contributed by atoms with Crippen LogP contribution in [0.5, 0.6) is 5.88 Å². The Bertz CT molecular complexity index is 1010. The number of aromatic amines is 1. The molecule has 1 aromatic carbocycles. The summed E-state index contributed by atoms with van der Waals surface area (Å²) in [7, 11) is 1.61. The van der Waals surface area contributed by atoms with Crippen LogP contribution >= 0.6 is 23.4 Å². The summed E-state index contributed by atoms with van der Waals surface area (Å²) in [5, 5.41) is 1.80. The molecule has 0 bridgehead atoms. The lowest BCUT2D eigenvalue weighted by Gasteiger charge is -2.06. The largest absolute Gasteiger partial charge is 0.481 e. The van der Waals surface area contributed by atoms with E-state index in [1.165, 1.54) is 0 Å². The van der Waals surface area contributed by atoms with Gasteiger partial charge >= 0.3 is 0 Å². The second kappa shape index (κ2) is 6.78. The van der Waals surface area contributed by atoms with Gasteiger partial charge in [-0.1, -0.05) is 23.4 Å². The van der Waals surface area contributed by atoms with Gasteiger partial charge < -0.3 is 9.72 Å². The van der Waals surface area contributed by atoms with Crippen LogP contribution in [0.1, 0.15) is 0 Å². The molecule has 4 nitrogen and oxygen atoms in total. The molecular formula is C19H14ClN3OS. The molecular weight excluding hydrogens is 354 g/mol. The summed E-state index contributed by atoms with van der Waals surface area (Å²) in [5.41, 5.74) is 2.82. The third-order valence-corrected chi connectivity index (χ3v) is 5.18. The summed E-state index contributed by atoms with van der Waals surface area (Å²) >= 11 is 7.67. The highest BCUT2D eigenvalue weighted by Gasteiger charge is 2.15. The smallest absolute Gasteiger partial charge is 0.212 e. The molecule has 0 aliphatic heterocycles. The molecule has 0 amide bonds. The molecule has 6 heteroatoms. The van der Waals surface area contributed by atoms with Gasteiger partial charge in [-0.25, -0.2) is 9.97 Å². The van der Waals surface area contributed by atoms with Crippen LogP contribution in [0.3, 0.4) is 0 Å². The van der Waals surface area contributed by atoms with Crippen LogP contribution < -0.4 is 4.74 Å². The van der Waals surface area contributed by atoms with Gasteiger partial charge in [0.1, 0.15) is 5.65 Å². The van der Waals surface area contributed by atoms with Crippen LogP contribution in [-0.2, 0) is 0 Å². The van der Waals surface area contributed by atoms with Crippen molar-refractivity contribution in [1.82, 2.24) is 15.0 Å². The SMILES string of the molecule is COc1ccc(-c2[nH]c3ncccc3c2Sc2ccc(Cl)cc2)cn1. The van der Waals surface area contributed by atoms with E-state index >= 15 is 0 Å². The van der Waals surface area contributed by atoms with Crippen molar-refractivity contribution in [1.29, 1.82) is 0 Å². The Morgan fingerprint density at radius 3 is 2.60 bits per heavy atom. The van der Waals surface area contributed by atoms with Crippen molar-refractivity contribution in [2.45, 2.75) is 9.79 Å². The van der Waals surface area contributed by atoms with E-state index in [0.29, 0.717) is 5.88 Å². The van der Waals surface area contributed by atoms with E-state index in [4.69, 9.17) is 16.3 Å². The fourth-order valence-electron chi connectivity index (χ4n) is 2.58. The van der Waals surface area contributed by atoms with Crippen LogP contribution in [0, 0.1) is 0 Å².